The van der Waals surface area contributed by atoms with Crippen LogP contribution in [0.25, 0.3) is 0 Å². The van der Waals surface area contributed by atoms with Crippen LogP contribution in [-0.4, -0.2) is 28.1 Å². The van der Waals surface area contributed by atoms with Gasteiger partial charge >= 0.3 is 0 Å². The van der Waals surface area contributed by atoms with E-state index >= 15 is 0 Å². The lowest BCUT2D eigenvalue weighted by molar-refractivity contribution is -0.114. The smallest absolute Gasteiger partial charge is 0.251 e. The zero-order valence-corrected chi connectivity index (χ0v) is 15.2. The van der Waals surface area contributed by atoms with Crippen molar-refractivity contribution in [3.8, 4) is 0 Å². The number of hydrogen-bond acceptors (Lipinski definition) is 3. The van der Waals surface area contributed by atoms with Crippen LogP contribution in [0.5, 0.6) is 0 Å². The van der Waals surface area contributed by atoms with Gasteiger partial charge in [0.25, 0.3) is 11.8 Å². The molecule has 1 aliphatic carbocycles. The number of carbonyl (C=O) groups excluding carboxylic acids is 2. The summed E-state index contributed by atoms with van der Waals surface area (Å²) in [6.07, 6.45) is 5.48. The van der Waals surface area contributed by atoms with Crippen LogP contribution in [0.2, 0.25) is 0 Å². The maximum Gasteiger partial charge on any atom is 0.251 e. The summed E-state index contributed by atoms with van der Waals surface area (Å²) in [5.74, 6) is 0.239. The van der Waals surface area contributed by atoms with Crippen molar-refractivity contribution in [2.45, 2.75) is 32.2 Å². The first kappa shape index (κ1) is 17.9. The van der Waals surface area contributed by atoms with E-state index in [-0.39, 0.29) is 11.8 Å². The summed E-state index contributed by atoms with van der Waals surface area (Å²) in [6.45, 7) is 6.51. The normalized spacial score (nSPS) is 13.3. The van der Waals surface area contributed by atoms with Gasteiger partial charge in [-0.1, -0.05) is 6.58 Å². The Hall–Kier alpha value is -2.89. The third-order valence-corrected chi connectivity index (χ3v) is 4.58. The standard InChI is InChI=1S/C20H24N4O2/c1-4-18(25)24(13-16-12-22-23(3)19(16)14-6-7-14)17-10-8-15(9-11-17)20(26)21-5-2/h4,8-12,14H,1,5-7,13H2,2-3H3,(H,21,26). The molecular weight excluding hydrogens is 328 g/mol. The highest BCUT2D eigenvalue weighted by molar-refractivity contribution is 6.01. The summed E-state index contributed by atoms with van der Waals surface area (Å²) in [4.78, 5) is 26.0. The topological polar surface area (TPSA) is 67.2 Å². The summed E-state index contributed by atoms with van der Waals surface area (Å²) in [7, 11) is 1.94. The molecule has 0 spiro atoms. The number of amides is 2. The lowest BCUT2D eigenvalue weighted by Gasteiger charge is -2.22. The van der Waals surface area contributed by atoms with Gasteiger partial charge in [-0.25, -0.2) is 0 Å². The minimum absolute atomic E-state index is 0.121. The molecule has 2 amide bonds. The molecule has 1 aromatic carbocycles. The van der Waals surface area contributed by atoms with Crippen molar-refractivity contribution in [2.75, 3.05) is 11.4 Å². The van der Waals surface area contributed by atoms with Gasteiger partial charge in [-0.3, -0.25) is 14.3 Å². The lowest BCUT2D eigenvalue weighted by atomic mass is 10.1. The van der Waals surface area contributed by atoms with E-state index < -0.39 is 0 Å². The van der Waals surface area contributed by atoms with Crippen molar-refractivity contribution in [1.29, 1.82) is 0 Å². The van der Waals surface area contributed by atoms with Crippen LogP contribution in [0.3, 0.4) is 0 Å². The Balaban J connectivity index is 1.86. The molecule has 1 heterocycles. The monoisotopic (exact) mass is 352 g/mol. The molecule has 0 saturated heterocycles. The van der Waals surface area contributed by atoms with Gasteiger partial charge in [0.2, 0.25) is 0 Å². The van der Waals surface area contributed by atoms with Crippen LogP contribution in [0.15, 0.2) is 43.1 Å². The molecule has 1 fully saturated rings. The second-order valence-corrected chi connectivity index (χ2v) is 6.49. The molecule has 1 saturated carbocycles. The van der Waals surface area contributed by atoms with E-state index in [9.17, 15) is 9.59 Å². The zero-order chi connectivity index (χ0) is 18.7. The second-order valence-electron chi connectivity index (χ2n) is 6.49. The van der Waals surface area contributed by atoms with Crippen molar-refractivity contribution in [1.82, 2.24) is 15.1 Å². The van der Waals surface area contributed by atoms with E-state index in [1.165, 1.54) is 24.6 Å². The molecule has 0 bridgehead atoms. The van der Waals surface area contributed by atoms with Crippen LogP contribution in [0, 0.1) is 0 Å². The summed E-state index contributed by atoms with van der Waals surface area (Å²) in [5, 5.41) is 7.13. The first-order valence-corrected chi connectivity index (χ1v) is 8.88. The van der Waals surface area contributed by atoms with Gasteiger partial charge in [0.05, 0.1) is 12.7 Å². The van der Waals surface area contributed by atoms with Crippen LogP contribution in [0.4, 0.5) is 5.69 Å². The summed E-state index contributed by atoms with van der Waals surface area (Å²) < 4.78 is 1.90. The number of nitrogens with one attached hydrogen (secondary N) is 1. The van der Waals surface area contributed by atoms with Crippen molar-refractivity contribution >= 4 is 17.5 Å². The predicted octanol–water partition coefficient (Wildman–Crippen LogP) is 2.77. The molecule has 3 rings (SSSR count). The number of aryl methyl sites for hydroxylation is 1. The largest absolute Gasteiger partial charge is 0.352 e. The number of carbonyl (C=O) groups is 2. The molecule has 0 radical (unpaired) electrons. The third kappa shape index (κ3) is 3.69. The fourth-order valence-electron chi connectivity index (χ4n) is 3.13. The first-order valence-electron chi connectivity index (χ1n) is 8.88. The molecule has 1 aliphatic rings. The number of anilines is 1. The molecular formula is C20H24N4O2. The molecule has 2 aromatic rings. The Labute approximate surface area is 153 Å². The molecule has 6 heteroatoms. The minimum Gasteiger partial charge on any atom is -0.352 e. The fourth-order valence-corrected chi connectivity index (χ4v) is 3.13. The third-order valence-electron chi connectivity index (χ3n) is 4.58. The highest BCUT2D eigenvalue weighted by atomic mass is 16.2. The van der Waals surface area contributed by atoms with E-state index in [0.717, 1.165) is 11.3 Å². The second kappa shape index (κ2) is 7.56. The van der Waals surface area contributed by atoms with Crippen LogP contribution < -0.4 is 10.2 Å². The summed E-state index contributed by atoms with van der Waals surface area (Å²) in [6, 6.07) is 7.04. The molecule has 6 nitrogen and oxygen atoms in total. The van der Waals surface area contributed by atoms with Gasteiger partial charge in [0.15, 0.2) is 0 Å². The maximum atomic E-state index is 12.4. The van der Waals surface area contributed by atoms with Crippen LogP contribution in [-0.2, 0) is 18.4 Å². The van der Waals surface area contributed by atoms with Crippen molar-refractivity contribution in [3.63, 3.8) is 0 Å². The van der Waals surface area contributed by atoms with E-state index in [1.807, 2.05) is 24.9 Å². The highest BCUT2D eigenvalue weighted by Crippen LogP contribution is 2.41. The molecule has 136 valence electrons. The predicted molar refractivity (Wildman–Crippen MR) is 101 cm³/mol. The quantitative estimate of drug-likeness (QED) is 0.779. The van der Waals surface area contributed by atoms with E-state index in [0.29, 0.717) is 24.6 Å². The van der Waals surface area contributed by atoms with Gasteiger partial charge in [-0.2, -0.15) is 5.10 Å². The average Bonchev–Trinajstić information content (AvgIpc) is 3.42. The molecule has 0 unspecified atom stereocenters. The number of nitrogens with zero attached hydrogens (tertiary/aromatic N) is 3. The van der Waals surface area contributed by atoms with Gasteiger partial charge < -0.3 is 10.2 Å². The fraction of sp³-hybridized carbons (Fsp3) is 0.350. The summed E-state index contributed by atoms with van der Waals surface area (Å²) in [5.41, 5.74) is 3.55. The number of rotatable bonds is 7. The van der Waals surface area contributed by atoms with Gasteiger partial charge in [0.1, 0.15) is 0 Å². The van der Waals surface area contributed by atoms with Crippen molar-refractivity contribution in [2.24, 2.45) is 7.05 Å². The molecule has 0 atom stereocenters. The Morgan fingerprint density at radius 2 is 2.04 bits per heavy atom. The van der Waals surface area contributed by atoms with Crippen molar-refractivity contribution in [3.05, 3.63) is 59.9 Å². The number of hydrogen-bond donors (Lipinski definition) is 1. The van der Waals surface area contributed by atoms with E-state index in [4.69, 9.17) is 0 Å². The molecule has 26 heavy (non-hydrogen) atoms. The molecule has 0 aliphatic heterocycles. The van der Waals surface area contributed by atoms with Gasteiger partial charge in [-0.15, -0.1) is 0 Å². The minimum atomic E-state index is -0.179. The Kier molecular flexibility index (Phi) is 5.21. The molecule has 1 N–H and O–H groups in total. The highest BCUT2D eigenvalue weighted by Gasteiger charge is 2.30. The zero-order valence-electron chi connectivity index (χ0n) is 15.2. The Morgan fingerprint density at radius 3 is 2.62 bits per heavy atom. The van der Waals surface area contributed by atoms with Gasteiger partial charge in [-0.05, 0) is 50.1 Å². The van der Waals surface area contributed by atoms with E-state index in [1.54, 1.807) is 29.2 Å². The first-order chi connectivity index (χ1) is 12.5. The van der Waals surface area contributed by atoms with Crippen molar-refractivity contribution < 1.29 is 9.59 Å². The SMILES string of the molecule is C=CC(=O)N(Cc1cnn(C)c1C1CC1)c1ccc(C(=O)NCC)cc1. The Bertz CT molecular complexity index is 819. The van der Waals surface area contributed by atoms with Gasteiger partial charge in [0, 0.05) is 42.0 Å². The van der Waals surface area contributed by atoms with Crippen LogP contribution in [0.1, 0.15) is 47.3 Å². The van der Waals surface area contributed by atoms with Crippen LogP contribution >= 0.6 is 0 Å². The Morgan fingerprint density at radius 1 is 1.35 bits per heavy atom. The maximum absolute atomic E-state index is 12.4. The summed E-state index contributed by atoms with van der Waals surface area (Å²) >= 11 is 0. The average molecular weight is 352 g/mol. The molecule has 1 aromatic heterocycles. The van der Waals surface area contributed by atoms with E-state index in [2.05, 4.69) is 17.0 Å². The number of aromatic nitrogens is 2. The lowest BCUT2D eigenvalue weighted by Crippen LogP contribution is -2.29. The number of benzene rings is 1.